The zero-order valence-electron chi connectivity index (χ0n) is 12.1. The second-order valence-corrected chi connectivity index (χ2v) is 5.18. The summed E-state index contributed by atoms with van der Waals surface area (Å²) in [7, 11) is 0. The summed E-state index contributed by atoms with van der Waals surface area (Å²) in [6, 6.07) is 10.2. The molecular weight excluding hydrogens is 340 g/mol. The van der Waals surface area contributed by atoms with Gasteiger partial charge in [-0.2, -0.15) is 4.80 Å². The molecule has 0 bridgehead atoms. The lowest BCUT2D eigenvalue weighted by Crippen LogP contribution is -2.21. The third kappa shape index (κ3) is 3.38. The van der Waals surface area contributed by atoms with Crippen LogP contribution in [0.1, 0.15) is 0 Å². The first-order valence-corrected chi connectivity index (χ1v) is 7.19. The number of benzene rings is 2. The molecule has 24 heavy (non-hydrogen) atoms. The van der Waals surface area contributed by atoms with Crippen molar-refractivity contribution in [3.63, 3.8) is 0 Å². The predicted molar refractivity (Wildman–Crippen MR) is 83.3 cm³/mol. The van der Waals surface area contributed by atoms with Gasteiger partial charge in [0, 0.05) is 5.56 Å². The minimum absolute atomic E-state index is 0.241. The molecule has 122 valence electrons. The van der Waals surface area contributed by atoms with Crippen LogP contribution in [0.25, 0.3) is 11.4 Å². The molecule has 2 aromatic carbocycles. The Bertz CT molecular complexity index is 879. The number of carbonyl (C=O) groups excluding carboxylic acids is 1. The van der Waals surface area contributed by atoms with Gasteiger partial charge in [-0.3, -0.25) is 4.79 Å². The van der Waals surface area contributed by atoms with Crippen LogP contribution in [0.15, 0.2) is 42.5 Å². The minimum atomic E-state index is -0.869. The summed E-state index contributed by atoms with van der Waals surface area (Å²) in [5.41, 5.74) is 0.0416. The third-order valence-corrected chi connectivity index (χ3v) is 3.41. The Morgan fingerprint density at radius 3 is 2.54 bits per heavy atom. The van der Waals surface area contributed by atoms with Crippen LogP contribution in [-0.4, -0.2) is 26.1 Å². The van der Waals surface area contributed by atoms with Crippen molar-refractivity contribution < 1.29 is 13.6 Å². The standard InChI is InChI=1S/C15H10ClF2N5O/c16-10-5-2-1-4-9(10)15-20-22-23(21-15)8-13(24)19-14-11(17)6-3-7-12(14)18/h1-7H,8H2,(H,19,24). The van der Waals surface area contributed by atoms with Crippen molar-refractivity contribution in [2.24, 2.45) is 0 Å². The van der Waals surface area contributed by atoms with Crippen LogP contribution >= 0.6 is 11.6 Å². The van der Waals surface area contributed by atoms with Gasteiger partial charge in [0.25, 0.3) is 0 Å². The Morgan fingerprint density at radius 1 is 1.12 bits per heavy atom. The molecule has 1 amide bonds. The highest BCUT2D eigenvalue weighted by Crippen LogP contribution is 2.23. The number of halogens is 3. The van der Waals surface area contributed by atoms with Crippen molar-refractivity contribution in [2.45, 2.75) is 6.54 Å². The van der Waals surface area contributed by atoms with Gasteiger partial charge in [0.05, 0.1) is 5.02 Å². The number of aromatic nitrogens is 4. The second-order valence-electron chi connectivity index (χ2n) is 4.77. The maximum Gasteiger partial charge on any atom is 0.248 e. The van der Waals surface area contributed by atoms with E-state index in [0.717, 1.165) is 16.9 Å². The number of rotatable bonds is 4. The van der Waals surface area contributed by atoms with Gasteiger partial charge in [-0.15, -0.1) is 10.2 Å². The second kappa shape index (κ2) is 6.71. The van der Waals surface area contributed by atoms with E-state index in [0.29, 0.717) is 10.6 Å². The Morgan fingerprint density at radius 2 is 1.83 bits per heavy atom. The van der Waals surface area contributed by atoms with Gasteiger partial charge in [0.15, 0.2) is 0 Å². The normalized spacial score (nSPS) is 10.6. The van der Waals surface area contributed by atoms with E-state index in [4.69, 9.17) is 11.6 Å². The van der Waals surface area contributed by atoms with E-state index in [-0.39, 0.29) is 12.4 Å². The summed E-state index contributed by atoms with van der Waals surface area (Å²) in [5.74, 6) is -2.19. The van der Waals surface area contributed by atoms with Gasteiger partial charge in [-0.1, -0.05) is 29.8 Å². The van der Waals surface area contributed by atoms with E-state index in [1.54, 1.807) is 24.3 Å². The summed E-state index contributed by atoms with van der Waals surface area (Å²) in [6.07, 6.45) is 0. The van der Waals surface area contributed by atoms with E-state index < -0.39 is 23.2 Å². The van der Waals surface area contributed by atoms with Crippen LogP contribution in [0.2, 0.25) is 5.02 Å². The number of carbonyl (C=O) groups is 1. The molecule has 0 aliphatic rings. The van der Waals surface area contributed by atoms with E-state index in [2.05, 4.69) is 20.7 Å². The number of para-hydroxylation sites is 1. The molecule has 3 aromatic rings. The quantitative estimate of drug-likeness (QED) is 0.786. The molecule has 6 nitrogen and oxygen atoms in total. The fourth-order valence-electron chi connectivity index (χ4n) is 1.99. The van der Waals surface area contributed by atoms with Gasteiger partial charge >= 0.3 is 0 Å². The van der Waals surface area contributed by atoms with Crippen molar-refractivity contribution in [1.82, 2.24) is 20.2 Å². The highest BCUT2D eigenvalue weighted by Gasteiger charge is 2.15. The topological polar surface area (TPSA) is 72.7 Å². The van der Waals surface area contributed by atoms with Gasteiger partial charge < -0.3 is 5.32 Å². The Kier molecular flexibility index (Phi) is 4.48. The summed E-state index contributed by atoms with van der Waals surface area (Å²) in [5, 5.41) is 14.2. The lowest BCUT2D eigenvalue weighted by atomic mass is 10.2. The fraction of sp³-hybridized carbons (Fsp3) is 0.0667. The monoisotopic (exact) mass is 349 g/mol. The number of hydrogen-bond donors (Lipinski definition) is 1. The first-order chi connectivity index (χ1) is 11.5. The molecule has 3 rings (SSSR count). The van der Waals surface area contributed by atoms with Crippen LogP contribution in [0.4, 0.5) is 14.5 Å². The molecule has 0 fully saturated rings. The molecule has 1 heterocycles. The molecule has 1 N–H and O–H groups in total. The molecule has 9 heteroatoms. The highest BCUT2D eigenvalue weighted by molar-refractivity contribution is 6.33. The average Bonchev–Trinajstić information content (AvgIpc) is 3.00. The van der Waals surface area contributed by atoms with Gasteiger partial charge in [0.1, 0.15) is 23.9 Å². The fourth-order valence-corrected chi connectivity index (χ4v) is 2.21. The maximum absolute atomic E-state index is 13.5. The summed E-state index contributed by atoms with van der Waals surface area (Å²) in [6.45, 7) is -0.356. The summed E-state index contributed by atoms with van der Waals surface area (Å²) in [4.78, 5) is 12.9. The smallest absolute Gasteiger partial charge is 0.248 e. The first-order valence-electron chi connectivity index (χ1n) is 6.81. The van der Waals surface area contributed by atoms with Crippen LogP contribution in [0, 0.1) is 11.6 Å². The van der Waals surface area contributed by atoms with Crippen molar-refractivity contribution in [1.29, 1.82) is 0 Å². The number of anilines is 1. The predicted octanol–water partition coefficient (Wildman–Crippen LogP) is 2.91. The molecular formula is C15H10ClF2N5O. The Hall–Kier alpha value is -2.87. The van der Waals surface area contributed by atoms with E-state index >= 15 is 0 Å². The molecule has 0 unspecified atom stereocenters. The Balaban J connectivity index is 1.73. The summed E-state index contributed by atoms with van der Waals surface area (Å²) < 4.78 is 27.0. The van der Waals surface area contributed by atoms with E-state index in [9.17, 15) is 13.6 Å². The molecule has 0 saturated carbocycles. The molecule has 0 saturated heterocycles. The number of hydrogen-bond acceptors (Lipinski definition) is 4. The van der Waals surface area contributed by atoms with Gasteiger partial charge in [-0.25, -0.2) is 8.78 Å². The van der Waals surface area contributed by atoms with Gasteiger partial charge in [-0.05, 0) is 29.5 Å². The maximum atomic E-state index is 13.5. The van der Waals surface area contributed by atoms with Crippen LogP contribution in [0.3, 0.4) is 0 Å². The molecule has 0 radical (unpaired) electrons. The number of nitrogens with one attached hydrogen (secondary N) is 1. The van der Waals surface area contributed by atoms with Crippen molar-refractivity contribution >= 4 is 23.2 Å². The average molecular weight is 350 g/mol. The van der Waals surface area contributed by atoms with Crippen molar-refractivity contribution in [3.8, 4) is 11.4 Å². The first kappa shape index (κ1) is 16.0. The third-order valence-electron chi connectivity index (χ3n) is 3.08. The number of nitrogens with zero attached hydrogens (tertiary/aromatic N) is 4. The SMILES string of the molecule is O=C(Cn1nnc(-c2ccccc2Cl)n1)Nc1c(F)cccc1F. The van der Waals surface area contributed by atoms with Crippen molar-refractivity contribution in [3.05, 3.63) is 59.1 Å². The summed E-state index contributed by atoms with van der Waals surface area (Å²) >= 11 is 6.04. The molecule has 1 aromatic heterocycles. The zero-order chi connectivity index (χ0) is 17.1. The van der Waals surface area contributed by atoms with E-state index in [1.165, 1.54) is 6.07 Å². The number of tetrazole rings is 1. The largest absolute Gasteiger partial charge is 0.319 e. The van der Waals surface area contributed by atoms with Crippen LogP contribution in [-0.2, 0) is 11.3 Å². The molecule has 0 aliphatic heterocycles. The minimum Gasteiger partial charge on any atom is -0.319 e. The zero-order valence-corrected chi connectivity index (χ0v) is 12.8. The highest BCUT2D eigenvalue weighted by atomic mass is 35.5. The van der Waals surface area contributed by atoms with Gasteiger partial charge in [0.2, 0.25) is 11.7 Å². The molecule has 0 aliphatic carbocycles. The molecule has 0 atom stereocenters. The van der Waals surface area contributed by atoms with Crippen LogP contribution in [0.5, 0.6) is 0 Å². The lowest BCUT2D eigenvalue weighted by Gasteiger charge is -2.06. The Labute approximate surface area is 140 Å². The van der Waals surface area contributed by atoms with Crippen molar-refractivity contribution in [2.75, 3.05) is 5.32 Å². The lowest BCUT2D eigenvalue weighted by molar-refractivity contribution is -0.117. The molecule has 0 spiro atoms. The van der Waals surface area contributed by atoms with E-state index in [1.807, 2.05) is 0 Å². The number of amides is 1. The van der Waals surface area contributed by atoms with Crippen LogP contribution < -0.4 is 5.32 Å².